The van der Waals surface area contributed by atoms with Crippen LogP contribution >= 0.6 is 0 Å². The second-order valence-corrected chi connectivity index (χ2v) is 5.65. The van der Waals surface area contributed by atoms with E-state index >= 15 is 0 Å². The van der Waals surface area contributed by atoms with Gasteiger partial charge in [-0.1, -0.05) is 0 Å². The van der Waals surface area contributed by atoms with Gasteiger partial charge in [0.05, 0.1) is 17.2 Å². The minimum atomic E-state index is -4.57. The van der Waals surface area contributed by atoms with E-state index in [1.165, 1.54) is 11.8 Å². The second kappa shape index (κ2) is 6.17. The number of rotatable bonds is 2. The van der Waals surface area contributed by atoms with Crippen molar-refractivity contribution in [3.8, 4) is 0 Å². The van der Waals surface area contributed by atoms with Crippen LogP contribution in [0.1, 0.15) is 41.5 Å². The Labute approximate surface area is 131 Å². The lowest BCUT2D eigenvalue weighted by Gasteiger charge is -2.37. The zero-order valence-electron chi connectivity index (χ0n) is 12.7. The number of carboxylic acids is 1. The van der Waals surface area contributed by atoms with E-state index in [0.29, 0.717) is 19.4 Å². The molecule has 0 aromatic carbocycles. The summed E-state index contributed by atoms with van der Waals surface area (Å²) >= 11 is 0. The number of amides is 1. The minimum absolute atomic E-state index is 0.0190. The molecular formula is C15H17F3N2O3. The van der Waals surface area contributed by atoms with Crippen LogP contribution in [0.3, 0.4) is 0 Å². The van der Waals surface area contributed by atoms with Gasteiger partial charge in [-0.3, -0.25) is 9.59 Å². The first-order valence-corrected chi connectivity index (χ1v) is 7.21. The lowest BCUT2D eigenvalue weighted by atomic mass is 9.89. The van der Waals surface area contributed by atoms with Crippen LogP contribution in [0.5, 0.6) is 0 Å². The maximum Gasteiger partial charge on any atom is 0.433 e. The normalized spacial score (nSPS) is 22.0. The lowest BCUT2D eigenvalue weighted by Crippen LogP contribution is -2.49. The third-order valence-electron chi connectivity index (χ3n) is 4.17. The van der Waals surface area contributed by atoms with Crippen molar-refractivity contribution in [2.45, 2.75) is 38.9 Å². The fourth-order valence-corrected chi connectivity index (χ4v) is 2.86. The van der Waals surface area contributed by atoms with E-state index in [-0.39, 0.29) is 11.3 Å². The molecule has 1 amide bonds. The molecule has 1 aromatic rings. The van der Waals surface area contributed by atoms with Gasteiger partial charge in [-0.05, 0) is 38.8 Å². The van der Waals surface area contributed by atoms with Crippen LogP contribution in [0.4, 0.5) is 13.2 Å². The number of aryl methyl sites for hydroxylation is 1. The first-order chi connectivity index (χ1) is 10.6. The van der Waals surface area contributed by atoms with Gasteiger partial charge in [0.2, 0.25) is 0 Å². The van der Waals surface area contributed by atoms with Gasteiger partial charge in [0.1, 0.15) is 5.69 Å². The zero-order valence-corrected chi connectivity index (χ0v) is 12.7. The van der Waals surface area contributed by atoms with Crippen LogP contribution in [0.2, 0.25) is 0 Å². The molecule has 0 bridgehead atoms. The molecule has 0 spiro atoms. The number of hydrogen-bond acceptors (Lipinski definition) is 3. The molecule has 1 aromatic heterocycles. The number of aliphatic carboxylic acids is 1. The number of hydrogen-bond donors (Lipinski definition) is 1. The Kier molecular flexibility index (Phi) is 4.63. The Morgan fingerprint density at radius 1 is 1.35 bits per heavy atom. The number of nitrogens with zero attached hydrogens (tertiary/aromatic N) is 2. The summed E-state index contributed by atoms with van der Waals surface area (Å²) < 4.78 is 37.9. The molecule has 2 heterocycles. The summed E-state index contributed by atoms with van der Waals surface area (Å²) in [4.78, 5) is 28.6. The first-order valence-electron chi connectivity index (χ1n) is 7.21. The third-order valence-corrected chi connectivity index (χ3v) is 4.17. The maximum atomic E-state index is 12.6. The highest BCUT2D eigenvalue weighted by Crippen LogP contribution is 2.29. The SMILES string of the molecule is Cc1nc(C(F)(F)F)ccc1C(=O)N1CCC[C@@H](C(=O)O)[C@H]1C. The van der Waals surface area contributed by atoms with E-state index in [1.807, 2.05) is 0 Å². The molecule has 1 aliphatic rings. The number of pyridine rings is 1. The van der Waals surface area contributed by atoms with E-state index < -0.39 is 35.7 Å². The van der Waals surface area contributed by atoms with Crippen molar-refractivity contribution in [2.24, 2.45) is 5.92 Å². The molecule has 5 nitrogen and oxygen atoms in total. The summed E-state index contributed by atoms with van der Waals surface area (Å²) in [6, 6.07) is 1.35. The van der Waals surface area contributed by atoms with Crippen LogP contribution in [-0.4, -0.2) is 39.5 Å². The van der Waals surface area contributed by atoms with Gasteiger partial charge in [-0.25, -0.2) is 4.98 Å². The summed E-state index contributed by atoms with van der Waals surface area (Å²) in [5.74, 6) is -2.13. The fraction of sp³-hybridized carbons (Fsp3) is 0.533. The van der Waals surface area contributed by atoms with Gasteiger partial charge in [0.15, 0.2) is 0 Å². The Morgan fingerprint density at radius 3 is 2.52 bits per heavy atom. The molecule has 2 atom stereocenters. The van der Waals surface area contributed by atoms with E-state index in [2.05, 4.69) is 4.98 Å². The quantitative estimate of drug-likeness (QED) is 0.905. The number of carbonyl (C=O) groups is 2. The fourth-order valence-electron chi connectivity index (χ4n) is 2.86. The maximum absolute atomic E-state index is 12.6. The van der Waals surface area contributed by atoms with E-state index in [9.17, 15) is 27.9 Å². The summed E-state index contributed by atoms with van der Waals surface area (Å²) in [5.41, 5.74) is -1.01. The summed E-state index contributed by atoms with van der Waals surface area (Å²) in [7, 11) is 0. The predicted octanol–water partition coefficient (Wildman–Crippen LogP) is 2.73. The number of carboxylic acid groups (broad SMARTS) is 1. The van der Waals surface area contributed by atoms with Crippen molar-refractivity contribution < 1.29 is 27.9 Å². The van der Waals surface area contributed by atoms with Crippen molar-refractivity contribution >= 4 is 11.9 Å². The van der Waals surface area contributed by atoms with Crippen molar-refractivity contribution in [2.75, 3.05) is 6.54 Å². The molecule has 1 N–H and O–H groups in total. The highest BCUT2D eigenvalue weighted by molar-refractivity contribution is 5.95. The van der Waals surface area contributed by atoms with Crippen molar-refractivity contribution in [3.05, 3.63) is 29.1 Å². The summed E-state index contributed by atoms with van der Waals surface area (Å²) in [5, 5.41) is 9.18. The van der Waals surface area contributed by atoms with Crippen molar-refractivity contribution in [1.82, 2.24) is 9.88 Å². The van der Waals surface area contributed by atoms with Crippen LogP contribution in [0.15, 0.2) is 12.1 Å². The number of piperidine rings is 1. The molecule has 0 saturated carbocycles. The van der Waals surface area contributed by atoms with E-state index in [1.54, 1.807) is 6.92 Å². The van der Waals surface area contributed by atoms with Gasteiger partial charge >= 0.3 is 12.1 Å². The van der Waals surface area contributed by atoms with E-state index in [4.69, 9.17) is 0 Å². The van der Waals surface area contributed by atoms with Gasteiger partial charge in [0.25, 0.3) is 5.91 Å². The average molecular weight is 330 g/mol. The monoisotopic (exact) mass is 330 g/mol. The molecule has 2 rings (SSSR count). The van der Waals surface area contributed by atoms with Gasteiger partial charge in [-0.2, -0.15) is 13.2 Å². The predicted molar refractivity (Wildman–Crippen MR) is 74.8 cm³/mol. The third kappa shape index (κ3) is 3.46. The van der Waals surface area contributed by atoms with Crippen LogP contribution in [0.25, 0.3) is 0 Å². The second-order valence-electron chi connectivity index (χ2n) is 5.65. The summed E-state index contributed by atoms with van der Waals surface area (Å²) in [6.45, 7) is 3.36. The Morgan fingerprint density at radius 2 is 2.00 bits per heavy atom. The molecule has 8 heteroatoms. The number of carbonyl (C=O) groups excluding carboxylic acids is 1. The molecule has 0 radical (unpaired) electrons. The van der Waals surface area contributed by atoms with Crippen LogP contribution < -0.4 is 0 Å². The molecular weight excluding hydrogens is 313 g/mol. The molecule has 1 fully saturated rings. The van der Waals surface area contributed by atoms with Gasteiger partial charge in [-0.15, -0.1) is 0 Å². The number of likely N-dealkylation sites (tertiary alicyclic amines) is 1. The molecule has 0 aliphatic carbocycles. The lowest BCUT2D eigenvalue weighted by molar-refractivity contribution is -0.145. The molecule has 126 valence electrons. The Balaban J connectivity index is 2.28. The topological polar surface area (TPSA) is 70.5 Å². The van der Waals surface area contributed by atoms with Gasteiger partial charge in [0, 0.05) is 12.6 Å². The van der Waals surface area contributed by atoms with Gasteiger partial charge < -0.3 is 10.0 Å². The molecule has 1 saturated heterocycles. The highest BCUT2D eigenvalue weighted by Gasteiger charge is 2.37. The Bertz CT molecular complexity index is 631. The van der Waals surface area contributed by atoms with Crippen molar-refractivity contribution in [1.29, 1.82) is 0 Å². The summed E-state index contributed by atoms with van der Waals surface area (Å²) in [6.07, 6.45) is -3.55. The van der Waals surface area contributed by atoms with E-state index in [0.717, 1.165) is 12.1 Å². The van der Waals surface area contributed by atoms with Crippen LogP contribution in [-0.2, 0) is 11.0 Å². The number of alkyl halides is 3. The standard InChI is InChI=1S/C15H17F3N2O3/c1-8-10(5-6-12(19-8)15(16,17)18)13(21)20-7-3-4-11(9(20)2)14(22)23/h5-6,9,11H,3-4,7H2,1-2H3,(H,22,23)/t9-,11-/m1/s1. The molecule has 0 unspecified atom stereocenters. The molecule has 1 aliphatic heterocycles. The largest absolute Gasteiger partial charge is 0.481 e. The minimum Gasteiger partial charge on any atom is -0.481 e. The molecule has 23 heavy (non-hydrogen) atoms. The van der Waals surface area contributed by atoms with Crippen LogP contribution in [0, 0.1) is 12.8 Å². The number of aromatic nitrogens is 1. The van der Waals surface area contributed by atoms with Crippen molar-refractivity contribution in [3.63, 3.8) is 0 Å². The highest BCUT2D eigenvalue weighted by atomic mass is 19.4. The Hall–Kier alpha value is -2.12. The average Bonchev–Trinajstić information content (AvgIpc) is 2.45. The first kappa shape index (κ1) is 17.2. The smallest absolute Gasteiger partial charge is 0.433 e. The number of halogens is 3. The zero-order chi connectivity index (χ0) is 17.4.